The quantitative estimate of drug-likeness (QED) is 0.735. The zero-order chi connectivity index (χ0) is 12.6. The molecule has 3 atom stereocenters. The molecular formula is C15H27NO. The first-order valence-electron chi connectivity index (χ1n) is 7.23. The predicted molar refractivity (Wildman–Crippen MR) is 70.9 cm³/mol. The van der Waals surface area contributed by atoms with Crippen LogP contribution in [-0.2, 0) is 4.79 Å². The molecule has 2 aliphatic rings. The van der Waals surface area contributed by atoms with Crippen molar-refractivity contribution in [2.75, 3.05) is 13.1 Å². The molecule has 0 aromatic carbocycles. The van der Waals surface area contributed by atoms with Gasteiger partial charge in [-0.05, 0) is 31.2 Å². The Kier molecular flexibility index (Phi) is 3.63. The minimum atomic E-state index is -0.190. The topological polar surface area (TPSA) is 20.3 Å². The Morgan fingerprint density at radius 1 is 1.24 bits per heavy atom. The number of likely N-dealkylation sites (tertiary alicyclic amines) is 1. The van der Waals surface area contributed by atoms with Gasteiger partial charge >= 0.3 is 0 Å². The second kappa shape index (κ2) is 4.72. The van der Waals surface area contributed by atoms with Crippen LogP contribution in [0.4, 0.5) is 0 Å². The summed E-state index contributed by atoms with van der Waals surface area (Å²) < 4.78 is 0. The molecule has 0 radical (unpaired) electrons. The second-order valence-electron chi connectivity index (χ2n) is 6.86. The summed E-state index contributed by atoms with van der Waals surface area (Å²) in [6.45, 7) is 10.6. The third kappa shape index (κ3) is 2.42. The first-order valence-corrected chi connectivity index (χ1v) is 7.23. The van der Waals surface area contributed by atoms with Gasteiger partial charge in [-0.1, -0.05) is 40.5 Å². The number of hydrogen-bond acceptors (Lipinski definition) is 2. The average Bonchev–Trinajstić information content (AvgIpc) is 2.64. The molecular weight excluding hydrogens is 210 g/mol. The summed E-state index contributed by atoms with van der Waals surface area (Å²) in [5, 5.41) is 0. The van der Waals surface area contributed by atoms with Crippen molar-refractivity contribution in [3.8, 4) is 0 Å². The van der Waals surface area contributed by atoms with Gasteiger partial charge in [0.25, 0.3) is 0 Å². The van der Waals surface area contributed by atoms with Gasteiger partial charge in [0.15, 0.2) is 5.78 Å². The molecule has 2 fully saturated rings. The summed E-state index contributed by atoms with van der Waals surface area (Å²) in [7, 11) is 0. The Balaban J connectivity index is 2.20. The molecule has 98 valence electrons. The van der Waals surface area contributed by atoms with Gasteiger partial charge in [-0.25, -0.2) is 0 Å². The molecule has 2 heteroatoms. The molecule has 0 N–H and O–H groups in total. The van der Waals surface area contributed by atoms with Crippen molar-refractivity contribution in [1.29, 1.82) is 0 Å². The number of hydrogen-bond donors (Lipinski definition) is 0. The van der Waals surface area contributed by atoms with E-state index in [4.69, 9.17) is 0 Å². The van der Waals surface area contributed by atoms with E-state index in [2.05, 4.69) is 32.6 Å². The van der Waals surface area contributed by atoms with Gasteiger partial charge < -0.3 is 0 Å². The Morgan fingerprint density at radius 2 is 1.88 bits per heavy atom. The van der Waals surface area contributed by atoms with Crippen LogP contribution >= 0.6 is 0 Å². The third-order valence-electron chi connectivity index (χ3n) is 4.65. The van der Waals surface area contributed by atoms with E-state index < -0.39 is 0 Å². The van der Waals surface area contributed by atoms with Crippen molar-refractivity contribution in [1.82, 2.24) is 4.90 Å². The van der Waals surface area contributed by atoms with E-state index >= 15 is 0 Å². The molecule has 3 unspecified atom stereocenters. The lowest BCUT2D eigenvalue weighted by molar-refractivity contribution is -0.132. The predicted octanol–water partition coefficient (Wildman–Crippen LogP) is 3.11. The van der Waals surface area contributed by atoms with Crippen LogP contribution in [0, 0.1) is 17.3 Å². The molecule has 1 saturated heterocycles. The molecule has 2 rings (SSSR count). The van der Waals surface area contributed by atoms with Crippen LogP contribution in [0.3, 0.4) is 0 Å². The molecule has 2 nitrogen and oxygen atoms in total. The Bertz CT molecular complexity index is 292. The van der Waals surface area contributed by atoms with Crippen molar-refractivity contribution >= 4 is 5.78 Å². The molecule has 1 aliphatic carbocycles. The van der Waals surface area contributed by atoms with Crippen LogP contribution in [0.1, 0.15) is 53.4 Å². The van der Waals surface area contributed by atoms with E-state index in [-0.39, 0.29) is 11.5 Å². The largest absolute Gasteiger partial charge is 0.297 e. The zero-order valence-corrected chi connectivity index (χ0v) is 11.8. The molecule has 0 aromatic rings. The van der Waals surface area contributed by atoms with Crippen molar-refractivity contribution in [3.05, 3.63) is 0 Å². The molecule has 1 heterocycles. The molecule has 1 saturated carbocycles. The maximum atomic E-state index is 12.6. The second-order valence-corrected chi connectivity index (χ2v) is 6.86. The van der Waals surface area contributed by atoms with Crippen LogP contribution in [0.2, 0.25) is 0 Å². The van der Waals surface area contributed by atoms with Gasteiger partial charge in [0.05, 0.1) is 6.04 Å². The number of Topliss-reactive ketones (excluding diaryl/α,β-unsaturated/α-hetero) is 1. The normalized spacial score (nSPS) is 34.7. The highest BCUT2D eigenvalue weighted by Crippen LogP contribution is 2.42. The summed E-state index contributed by atoms with van der Waals surface area (Å²) in [5.74, 6) is 1.91. The maximum Gasteiger partial charge on any atom is 0.155 e. The van der Waals surface area contributed by atoms with Crippen molar-refractivity contribution < 1.29 is 4.79 Å². The minimum Gasteiger partial charge on any atom is -0.297 e. The number of ketones is 1. The number of carbonyl (C=O) groups excluding carboxylic acids is 1. The van der Waals surface area contributed by atoms with Gasteiger partial charge in [0.1, 0.15) is 0 Å². The zero-order valence-electron chi connectivity index (χ0n) is 11.8. The molecule has 17 heavy (non-hydrogen) atoms. The standard InChI is InChI=1S/C15H27NO/c1-5-16-10-11-8-6-7-9-12(11)13(16)14(17)15(2,3)4/h11-13H,5-10H2,1-4H3. The number of nitrogens with zero attached hydrogens (tertiary/aromatic N) is 1. The lowest BCUT2D eigenvalue weighted by Crippen LogP contribution is -2.45. The fourth-order valence-corrected chi connectivity index (χ4v) is 3.69. The number of fused-ring (bicyclic) bond motifs is 1. The smallest absolute Gasteiger partial charge is 0.155 e. The van der Waals surface area contributed by atoms with Crippen LogP contribution in [-0.4, -0.2) is 29.8 Å². The van der Waals surface area contributed by atoms with Crippen LogP contribution in [0.25, 0.3) is 0 Å². The maximum absolute atomic E-state index is 12.6. The van der Waals surface area contributed by atoms with Crippen LogP contribution in [0.15, 0.2) is 0 Å². The van der Waals surface area contributed by atoms with E-state index in [0.717, 1.165) is 19.0 Å². The molecule has 0 amide bonds. The van der Waals surface area contributed by atoms with Crippen molar-refractivity contribution in [2.24, 2.45) is 17.3 Å². The molecule has 1 aliphatic heterocycles. The highest BCUT2D eigenvalue weighted by atomic mass is 16.1. The number of rotatable bonds is 2. The van der Waals surface area contributed by atoms with E-state index in [0.29, 0.717) is 11.7 Å². The van der Waals surface area contributed by atoms with E-state index in [1.54, 1.807) is 0 Å². The summed E-state index contributed by atoms with van der Waals surface area (Å²) in [6, 6.07) is 0.213. The summed E-state index contributed by atoms with van der Waals surface area (Å²) >= 11 is 0. The number of likely N-dealkylation sites (N-methyl/N-ethyl adjacent to an activating group) is 1. The highest BCUT2D eigenvalue weighted by molar-refractivity contribution is 5.89. The first-order chi connectivity index (χ1) is 7.95. The van der Waals surface area contributed by atoms with Crippen molar-refractivity contribution in [3.63, 3.8) is 0 Å². The lowest BCUT2D eigenvalue weighted by atomic mass is 9.74. The average molecular weight is 237 g/mol. The lowest BCUT2D eigenvalue weighted by Gasteiger charge is -2.33. The monoisotopic (exact) mass is 237 g/mol. The van der Waals surface area contributed by atoms with Crippen molar-refractivity contribution in [2.45, 2.75) is 59.4 Å². The number of carbonyl (C=O) groups is 1. The van der Waals surface area contributed by atoms with Gasteiger partial charge in [-0.2, -0.15) is 0 Å². The summed E-state index contributed by atoms with van der Waals surface area (Å²) in [5.41, 5.74) is -0.190. The van der Waals surface area contributed by atoms with E-state index in [1.165, 1.54) is 25.7 Å². The summed E-state index contributed by atoms with van der Waals surface area (Å²) in [6.07, 6.45) is 5.31. The fourth-order valence-electron chi connectivity index (χ4n) is 3.69. The van der Waals surface area contributed by atoms with Crippen LogP contribution in [0.5, 0.6) is 0 Å². The van der Waals surface area contributed by atoms with Gasteiger partial charge in [0.2, 0.25) is 0 Å². The Morgan fingerprint density at radius 3 is 2.47 bits per heavy atom. The highest BCUT2D eigenvalue weighted by Gasteiger charge is 2.47. The SMILES string of the molecule is CCN1CC2CCCCC2C1C(=O)C(C)(C)C. The first kappa shape index (κ1) is 13.1. The third-order valence-corrected chi connectivity index (χ3v) is 4.65. The van der Waals surface area contributed by atoms with Crippen LogP contribution < -0.4 is 0 Å². The van der Waals surface area contributed by atoms with E-state index in [9.17, 15) is 4.79 Å². The summed E-state index contributed by atoms with van der Waals surface area (Å²) in [4.78, 5) is 15.1. The van der Waals surface area contributed by atoms with Gasteiger partial charge in [-0.3, -0.25) is 9.69 Å². The minimum absolute atomic E-state index is 0.190. The van der Waals surface area contributed by atoms with Gasteiger partial charge in [-0.15, -0.1) is 0 Å². The van der Waals surface area contributed by atoms with E-state index in [1.807, 2.05) is 0 Å². The Labute approximate surface area is 106 Å². The molecule has 0 spiro atoms. The Hall–Kier alpha value is -0.370. The fraction of sp³-hybridized carbons (Fsp3) is 0.933. The molecule has 0 aromatic heterocycles. The molecule has 0 bridgehead atoms. The van der Waals surface area contributed by atoms with Gasteiger partial charge in [0, 0.05) is 12.0 Å².